The monoisotopic (exact) mass is 251 g/mol. The third-order valence-corrected chi connectivity index (χ3v) is 3.55. The highest BCUT2D eigenvalue weighted by Gasteiger charge is 2.21. The van der Waals surface area contributed by atoms with E-state index >= 15 is 0 Å². The number of rotatable bonds is 2. The van der Waals surface area contributed by atoms with Crippen molar-refractivity contribution < 1.29 is 4.79 Å². The number of halogens is 1. The van der Waals surface area contributed by atoms with E-state index in [1.807, 2.05) is 12.1 Å². The molecular weight excluding hydrogens is 238 g/mol. The molecule has 0 bridgehead atoms. The van der Waals surface area contributed by atoms with Gasteiger partial charge in [-0.1, -0.05) is 11.6 Å². The van der Waals surface area contributed by atoms with Crippen molar-refractivity contribution >= 4 is 28.9 Å². The van der Waals surface area contributed by atoms with Crippen LogP contribution >= 0.6 is 11.6 Å². The van der Waals surface area contributed by atoms with Gasteiger partial charge in [0, 0.05) is 18.3 Å². The Bertz CT molecular complexity index is 469. The van der Waals surface area contributed by atoms with Gasteiger partial charge in [-0.2, -0.15) is 0 Å². The number of benzene rings is 1. The highest BCUT2D eigenvalue weighted by molar-refractivity contribution is 6.33. The normalized spacial score (nSPS) is 22.4. The fourth-order valence-electron chi connectivity index (χ4n) is 2.36. The summed E-state index contributed by atoms with van der Waals surface area (Å²) in [6.45, 7) is 2.00. The highest BCUT2D eigenvalue weighted by Crippen LogP contribution is 2.33. The number of nitrogens with one attached hydrogen (secondary N) is 3. The molecule has 1 amide bonds. The Morgan fingerprint density at radius 1 is 1.41 bits per heavy atom. The molecule has 0 radical (unpaired) electrons. The molecule has 0 spiro atoms. The molecule has 1 atom stereocenters. The lowest BCUT2D eigenvalue weighted by molar-refractivity contribution is -0.115. The second-order valence-electron chi connectivity index (χ2n) is 4.55. The van der Waals surface area contributed by atoms with Crippen molar-refractivity contribution in [2.24, 2.45) is 0 Å². The van der Waals surface area contributed by atoms with Gasteiger partial charge in [-0.25, -0.2) is 0 Å². The molecule has 0 aliphatic carbocycles. The van der Waals surface area contributed by atoms with Crippen LogP contribution in [0.3, 0.4) is 0 Å². The minimum Gasteiger partial charge on any atom is -0.380 e. The summed E-state index contributed by atoms with van der Waals surface area (Å²) >= 11 is 6.20. The van der Waals surface area contributed by atoms with Gasteiger partial charge in [0.05, 0.1) is 17.1 Å². The molecule has 3 N–H and O–H groups in total. The molecule has 2 heterocycles. The number of carbonyl (C=O) groups is 1. The van der Waals surface area contributed by atoms with Crippen molar-refractivity contribution in [3.63, 3.8) is 0 Å². The van der Waals surface area contributed by atoms with E-state index in [2.05, 4.69) is 16.0 Å². The first-order valence-electron chi connectivity index (χ1n) is 5.82. The second-order valence-corrected chi connectivity index (χ2v) is 4.96. The van der Waals surface area contributed by atoms with E-state index < -0.39 is 0 Å². The number of carbonyl (C=O) groups excluding carboxylic acids is 1. The van der Waals surface area contributed by atoms with E-state index in [1.165, 1.54) is 0 Å². The fraction of sp³-hybridized carbons (Fsp3) is 0.417. The lowest BCUT2D eigenvalue weighted by Gasteiger charge is -2.15. The summed E-state index contributed by atoms with van der Waals surface area (Å²) in [5.41, 5.74) is 2.79. The van der Waals surface area contributed by atoms with E-state index in [0.29, 0.717) is 17.5 Å². The highest BCUT2D eigenvalue weighted by atomic mass is 35.5. The quantitative estimate of drug-likeness (QED) is 0.749. The van der Waals surface area contributed by atoms with Crippen molar-refractivity contribution in [2.75, 3.05) is 23.7 Å². The van der Waals surface area contributed by atoms with Gasteiger partial charge < -0.3 is 16.0 Å². The van der Waals surface area contributed by atoms with Crippen LogP contribution in [0.4, 0.5) is 11.4 Å². The molecule has 4 nitrogen and oxygen atoms in total. The van der Waals surface area contributed by atoms with E-state index in [0.717, 1.165) is 36.4 Å². The van der Waals surface area contributed by atoms with E-state index in [-0.39, 0.29) is 5.91 Å². The number of hydrogen-bond acceptors (Lipinski definition) is 3. The molecule has 5 heteroatoms. The molecule has 2 aliphatic heterocycles. The first-order chi connectivity index (χ1) is 8.22. The van der Waals surface area contributed by atoms with Gasteiger partial charge in [0.15, 0.2) is 0 Å². The summed E-state index contributed by atoms with van der Waals surface area (Å²) in [5.74, 6) is 0.0377. The molecular formula is C12H14ClN3O. The lowest BCUT2D eigenvalue weighted by Crippen LogP contribution is -2.22. The number of amides is 1. The molecule has 2 aliphatic rings. The third kappa shape index (κ3) is 2.10. The zero-order valence-corrected chi connectivity index (χ0v) is 10.1. The Morgan fingerprint density at radius 3 is 3.06 bits per heavy atom. The Hall–Kier alpha value is -1.26. The maximum atomic E-state index is 11.3. The molecule has 17 heavy (non-hydrogen) atoms. The second kappa shape index (κ2) is 4.20. The average molecular weight is 252 g/mol. The van der Waals surface area contributed by atoms with Crippen LogP contribution in [0.25, 0.3) is 0 Å². The zero-order chi connectivity index (χ0) is 11.8. The summed E-state index contributed by atoms with van der Waals surface area (Å²) in [5, 5.41) is 10.2. The summed E-state index contributed by atoms with van der Waals surface area (Å²) < 4.78 is 0. The standard InChI is InChI=1S/C12H14ClN3O/c13-9-5-10-7(4-12(17)16-10)3-11(9)15-8-1-2-14-6-8/h3,5,8,14-15H,1-2,4,6H2,(H,16,17). The van der Waals surface area contributed by atoms with Crippen LogP contribution in [0.5, 0.6) is 0 Å². The van der Waals surface area contributed by atoms with E-state index in [1.54, 1.807) is 0 Å². The van der Waals surface area contributed by atoms with Gasteiger partial charge in [0.2, 0.25) is 5.91 Å². The summed E-state index contributed by atoms with van der Waals surface area (Å²) in [6, 6.07) is 4.23. The Balaban J connectivity index is 1.85. The minimum atomic E-state index is 0.0377. The van der Waals surface area contributed by atoms with Gasteiger partial charge in [0.25, 0.3) is 0 Å². The summed E-state index contributed by atoms with van der Waals surface area (Å²) in [4.78, 5) is 11.3. The van der Waals surface area contributed by atoms with Crippen LogP contribution in [0.2, 0.25) is 5.02 Å². The number of fused-ring (bicyclic) bond motifs is 1. The molecule has 3 rings (SSSR count). The van der Waals surface area contributed by atoms with Crippen LogP contribution in [-0.4, -0.2) is 25.0 Å². The summed E-state index contributed by atoms with van der Waals surface area (Å²) in [7, 11) is 0. The number of anilines is 2. The predicted octanol–water partition coefficient (Wildman–Crippen LogP) is 1.61. The van der Waals surface area contributed by atoms with Crippen LogP contribution in [0.15, 0.2) is 12.1 Å². The smallest absolute Gasteiger partial charge is 0.228 e. The van der Waals surface area contributed by atoms with Crippen molar-refractivity contribution in [1.29, 1.82) is 0 Å². The van der Waals surface area contributed by atoms with Gasteiger partial charge in [-0.3, -0.25) is 4.79 Å². The maximum absolute atomic E-state index is 11.3. The molecule has 1 aromatic rings. The fourth-order valence-corrected chi connectivity index (χ4v) is 2.57. The Kier molecular flexibility index (Phi) is 2.68. The Morgan fingerprint density at radius 2 is 2.29 bits per heavy atom. The first kappa shape index (κ1) is 10.9. The molecule has 1 fully saturated rings. The van der Waals surface area contributed by atoms with Gasteiger partial charge >= 0.3 is 0 Å². The van der Waals surface area contributed by atoms with E-state index in [9.17, 15) is 4.79 Å². The molecule has 1 saturated heterocycles. The number of hydrogen-bond donors (Lipinski definition) is 3. The first-order valence-corrected chi connectivity index (χ1v) is 6.20. The minimum absolute atomic E-state index is 0.0377. The van der Waals surface area contributed by atoms with Crippen molar-refractivity contribution in [3.05, 3.63) is 22.7 Å². The third-order valence-electron chi connectivity index (χ3n) is 3.24. The van der Waals surface area contributed by atoms with Gasteiger partial charge in [0.1, 0.15) is 0 Å². The SMILES string of the molecule is O=C1Cc2cc(NC3CCNC3)c(Cl)cc2N1. The molecule has 1 unspecified atom stereocenters. The van der Waals surface area contributed by atoms with Crippen LogP contribution in [0, 0.1) is 0 Å². The average Bonchev–Trinajstić information content (AvgIpc) is 2.87. The van der Waals surface area contributed by atoms with Crippen LogP contribution in [0.1, 0.15) is 12.0 Å². The van der Waals surface area contributed by atoms with Crippen molar-refractivity contribution in [3.8, 4) is 0 Å². The largest absolute Gasteiger partial charge is 0.380 e. The van der Waals surface area contributed by atoms with Crippen LogP contribution < -0.4 is 16.0 Å². The van der Waals surface area contributed by atoms with Gasteiger partial charge in [-0.05, 0) is 30.7 Å². The summed E-state index contributed by atoms with van der Waals surface area (Å²) in [6.07, 6.45) is 1.55. The van der Waals surface area contributed by atoms with Crippen molar-refractivity contribution in [2.45, 2.75) is 18.9 Å². The molecule has 0 aromatic heterocycles. The topological polar surface area (TPSA) is 53.2 Å². The Labute approximate surface area is 105 Å². The predicted molar refractivity (Wildman–Crippen MR) is 68.7 cm³/mol. The molecule has 1 aromatic carbocycles. The molecule has 0 saturated carbocycles. The van der Waals surface area contributed by atoms with Gasteiger partial charge in [-0.15, -0.1) is 0 Å². The van der Waals surface area contributed by atoms with E-state index in [4.69, 9.17) is 11.6 Å². The zero-order valence-electron chi connectivity index (χ0n) is 9.35. The van der Waals surface area contributed by atoms with Crippen LogP contribution in [-0.2, 0) is 11.2 Å². The molecule has 90 valence electrons. The lowest BCUT2D eigenvalue weighted by atomic mass is 10.1. The maximum Gasteiger partial charge on any atom is 0.228 e. The van der Waals surface area contributed by atoms with Crippen molar-refractivity contribution in [1.82, 2.24) is 5.32 Å².